The van der Waals surface area contributed by atoms with Gasteiger partial charge in [0.1, 0.15) is 11.6 Å². The molecule has 0 saturated carbocycles. The summed E-state index contributed by atoms with van der Waals surface area (Å²) in [5, 5.41) is 3.43. The van der Waals surface area contributed by atoms with Gasteiger partial charge in [0.25, 0.3) is 0 Å². The number of rotatable bonds is 2. The second-order valence-electron chi connectivity index (χ2n) is 4.46. The Morgan fingerprint density at radius 1 is 1.24 bits per heavy atom. The van der Waals surface area contributed by atoms with Crippen LogP contribution in [-0.4, -0.2) is 25.7 Å². The van der Waals surface area contributed by atoms with Gasteiger partial charge in [0.2, 0.25) is 0 Å². The third-order valence-corrected chi connectivity index (χ3v) is 3.27. The molecule has 2 rings (SSSR count). The third kappa shape index (κ3) is 3.16. The van der Waals surface area contributed by atoms with Crippen LogP contribution in [0, 0.1) is 11.6 Å². The molecule has 1 atom stereocenters. The molecule has 94 valence electrons. The zero-order valence-corrected chi connectivity index (χ0v) is 10.0. The van der Waals surface area contributed by atoms with Crippen molar-refractivity contribution in [3.63, 3.8) is 0 Å². The van der Waals surface area contributed by atoms with Crippen LogP contribution in [0.5, 0.6) is 0 Å². The molecule has 17 heavy (non-hydrogen) atoms. The first-order valence-electron chi connectivity index (χ1n) is 6.13. The fourth-order valence-corrected chi connectivity index (χ4v) is 2.26. The number of nitrogens with one attached hydrogen (secondary N) is 1. The minimum atomic E-state index is -0.510. The molecule has 1 unspecified atom stereocenters. The molecular weight excluding hydrogens is 222 g/mol. The van der Waals surface area contributed by atoms with E-state index in [4.69, 9.17) is 0 Å². The van der Waals surface area contributed by atoms with E-state index in [0.29, 0.717) is 11.7 Å². The van der Waals surface area contributed by atoms with Crippen LogP contribution in [-0.2, 0) is 0 Å². The number of hydrogen-bond donors (Lipinski definition) is 1. The lowest BCUT2D eigenvalue weighted by Crippen LogP contribution is -2.30. The van der Waals surface area contributed by atoms with Gasteiger partial charge in [-0.15, -0.1) is 0 Å². The van der Waals surface area contributed by atoms with Crippen LogP contribution in [0.1, 0.15) is 19.8 Å². The molecular formula is C13H18F2N2. The Balaban J connectivity index is 2.11. The van der Waals surface area contributed by atoms with Crippen LogP contribution < -0.4 is 10.2 Å². The molecule has 0 amide bonds. The van der Waals surface area contributed by atoms with E-state index in [0.717, 1.165) is 38.5 Å². The third-order valence-electron chi connectivity index (χ3n) is 3.27. The summed E-state index contributed by atoms with van der Waals surface area (Å²) in [7, 11) is 0. The van der Waals surface area contributed by atoms with Gasteiger partial charge in [-0.05, 0) is 25.0 Å². The van der Waals surface area contributed by atoms with Gasteiger partial charge in [0.15, 0.2) is 0 Å². The quantitative estimate of drug-likeness (QED) is 0.854. The van der Waals surface area contributed by atoms with Crippen molar-refractivity contribution in [2.24, 2.45) is 0 Å². The molecule has 1 aliphatic rings. The van der Waals surface area contributed by atoms with Crippen molar-refractivity contribution in [2.45, 2.75) is 25.8 Å². The summed E-state index contributed by atoms with van der Waals surface area (Å²) in [6, 6.07) is 4.22. The number of halogens is 2. The van der Waals surface area contributed by atoms with Crippen LogP contribution in [0.2, 0.25) is 0 Å². The van der Waals surface area contributed by atoms with Gasteiger partial charge in [-0.1, -0.05) is 6.92 Å². The highest BCUT2D eigenvalue weighted by molar-refractivity contribution is 5.47. The molecule has 0 radical (unpaired) electrons. The molecule has 0 aliphatic carbocycles. The van der Waals surface area contributed by atoms with Crippen molar-refractivity contribution < 1.29 is 8.78 Å². The molecule has 1 saturated heterocycles. The number of anilines is 1. The van der Waals surface area contributed by atoms with E-state index >= 15 is 0 Å². The highest BCUT2D eigenvalue weighted by Gasteiger charge is 2.16. The van der Waals surface area contributed by atoms with Crippen molar-refractivity contribution >= 4 is 5.69 Å². The van der Waals surface area contributed by atoms with E-state index in [1.807, 2.05) is 4.90 Å². The van der Waals surface area contributed by atoms with E-state index in [9.17, 15) is 8.78 Å². The van der Waals surface area contributed by atoms with Crippen molar-refractivity contribution in [1.29, 1.82) is 0 Å². The maximum absolute atomic E-state index is 13.1. The minimum absolute atomic E-state index is 0.510. The smallest absolute Gasteiger partial charge is 0.128 e. The lowest BCUT2D eigenvalue weighted by atomic mass is 10.1. The average molecular weight is 240 g/mol. The predicted molar refractivity (Wildman–Crippen MR) is 65.3 cm³/mol. The Hall–Kier alpha value is -1.16. The van der Waals surface area contributed by atoms with Crippen molar-refractivity contribution in [3.8, 4) is 0 Å². The normalized spacial score (nSPS) is 21.4. The maximum Gasteiger partial charge on any atom is 0.128 e. The molecule has 0 bridgehead atoms. The van der Waals surface area contributed by atoms with Crippen LogP contribution in [0.4, 0.5) is 14.5 Å². The van der Waals surface area contributed by atoms with Gasteiger partial charge < -0.3 is 10.2 Å². The van der Waals surface area contributed by atoms with Crippen LogP contribution in [0.25, 0.3) is 0 Å². The molecule has 1 fully saturated rings. The minimum Gasteiger partial charge on any atom is -0.370 e. The summed E-state index contributed by atoms with van der Waals surface area (Å²) in [5.74, 6) is -1.02. The second-order valence-corrected chi connectivity index (χ2v) is 4.46. The molecule has 1 aliphatic heterocycles. The molecule has 0 spiro atoms. The Morgan fingerprint density at radius 3 is 2.59 bits per heavy atom. The number of hydrogen-bond acceptors (Lipinski definition) is 2. The van der Waals surface area contributed by atoms with E-state index in [1.54, 1.807) is 0 Å². The zero-order chi connectivity index (χ0) is 12.3. The Bertz CT molecular complexity index is 361. The van der Waals surface area contributed by atoms with Crippen molar-refractivity contribution in [2.75, 3.05) is 24.5 Å². The Labute approximate surface area is 101 Å². The summed E-state index contributed by atoms with van der Waals surface area (Å²) < 4.78 is 26.3. The van der Waals surface area contributed by atoms with Gasteiger partial charge in [-0.3, -0.25) is 0 Å². The van der Waals surface area contributed by atoms with Gasteiger partial charge in [0.05, 0.1) is 0 Å². The largest absolute Gasteiger partial charge is 0.370 e. The van der Waals surface area contributed by atoms with E-state index < -0.39 is 11.6 Å². The summed E-state index contributed by atoms with van der Waals surface area (Å²) >= 11 is 0. The second kappa shape index (κ2) is 5.45. The topological polar surface area (TPSA) is 15.3 Å². The molecule has 1 aromatic carbocycles. The SMILES string of the molecule is CCC1CCN(c2cc(F)cc(F)c2)CCN1. The first kappa shape index (κ1) is 12.3. The lowest BCUT2D eigenvalue weighted by molar-refractivity contribution is 0.509. The first-order chi connectivity index (χ1) is 8.19. The van der Waals surface area contributed by atoms with E-state index in [2.05, 4.69) is 12.2 Å². The first-order valence-corrected chi connectivity index (χ1v) is 6.13. The highest BCUT2D eigenvalue weighted by atomic mass is 19.1. The van der Waals surface area contributed by atoms with E-state index in [-0.39, 0.29) is 0 Å². The van der Waals surface area contributed by atoms with Gasteiger partial charge in [-0.2, -0.15) is 0 Å². The molecule has 0 aromatic heterocycles. The molecule has 4 heteroatoms. The Morgan fingerprint density at radius 2 is 1.94 bits per heavy atom. The van der Waals surface area contributed by atoms with Crippen LogP contribution >= 0.6 is 0 Å². The van der Waals surface area contributed by atoms with E-state index in [1.165, 1.54) is 12.1 Å². The highest BCUT2D eigenvalue weighted by Crippen LogP contribution is 2.19. The summed E-state index contributed by atoms with van der Waals surface area (Å²) in [4.78, 5) is 2.04. The zero-order valence-electron chi connectivity index (χ0n) is 10.0. The fraction of sp³-hybridized carbons (Fsp3) is 0.538. The summed E-state index contributed by atoms with van der Waals surface area (Å²) in [5.41, 5.74) is 0.640. The van der Waals surface area contributed by atoms with Crippen LogP contribution in [0.15, 0.2) is 18.2 Å². The van der Waals surface area contributed by atoms with Gasteiger partial charge >= 0.3 is 0 Å². The monoisotopic (exact) mass is 240 g/mol. The summed E-state index contributed by atoms with van der Waals surface area (Å²) in [6.45, 7) is 4.64. The Kier molecular flexibility index (Phi) is 3.94. The molecule has 1 N–H and O–H groups in total. The average Bonchev–Trinajstić information content (AvgIpc) is 2.52. The molecule has 1 heterocycles. The summed E-state index contributed by atoms with van der Waals surface area (Å²) in [6.07, 6.45) is 2.10. The van der Waals surface area contributed by atoms with Crippen LogP contribution in [0.3, 0.4) is 0 Å². The fourth-order valence-electron chi connectivity index (χ4n) is 2.26. The number of benzene rings is 1. The van der Waals surface area contributed by atoms with Crippen molar-refractivity contribution in [3.05, 3.63) is 29.8 Å². The molecule has 1 aromatic rings. The standard InChI is InChI=1S/C13H18F2N2/c1-2-12-3-5-17(6-4-16-12)13-8-10(14)7-11(15)9-13/h7-9,12,16H,2-6H2,1H3. The maximum atomic E-state index is 13.1. The lowest BCUT2D eigenvalue weighted by Gasteiger charge is -2.22. The van der Waals surface area contributed by atoms with Crippen molar-refractivity contribution in [1.82, 2.24) is 5.32 Å². The number of nitrogens with zero attached hydrogens (tertiary/aromatic N) is 1. The van der Waals surface area contributed by atoms with Gasteiger partial charge in [0, 0.05) is 37.4 Å². The predicted octanol–water partition coefficient (Wildman–Crippen LogP) is 2.54. The van der Waals surface area contributed by atoms with Gasteiger partial charge in [-0.25, -0.2) is 8.78 Å². The molecule has 2 nitrogen and oxygen atoms in total.